The Labute approximate surface area is 175 Å². The van der Waals surface area contributed by atoms with E-state index in [1.807, 2.05) is 62.4 Å². The number of carbonyl (C=O) groups excluding carboxylic acids is 2. The first-order chi connectivity index (χ1) is 14.5. The van der Waals surface area contributed by atoms with Crippen molar-refractivity contribution in [2.45, 2.75) is 26.9 Å². The first kappa shape index (κ1) is 20.9. The topological polar surface area (TPSA) is 84.5 Å². The molecule has 2 heterocycles. The van der Waals surface area contributed by atoms with Crippen molar-refractivity contribution in [2.24, 2.45) is 0 Å². The van der Waals surface area contributed by atoms with E-state index in [0.717, 1.165) is 22.6 Å². The zero-order valence-corrected chi connectivity index (χ0v) is 17.0. The zero-order chi connectivity index (χ0) is 21.3. The van der Waals surface area contributed by atoms with Crippen LogP contribution in [0.1, 0.15) is 34.2 Å². The van der Waals surface area contributed by atoms with Crippen LogP contribution in [0.3, 0.4) is 0 Å². The highest BCUT2D eigenvalue weighted by atomic mass is 16.3. The number of aryl methyl sites for hydroxylation is 2. The number of amides is 2. The third-order valence-corrected chi connectivity index (χ3v) is 4.25. The maximum Gasteiger partial charge on any atom is 0.244 e. The predicted octanol–water partition coefficient (Wildman–Crippen LogP) is 4.15. The van der Waals surface area contributed by atoms with Gasteiger partial charge in [-0.2, -0.15) is 0 Å². The quantitative estimate of drug-likeness (QED) is 0.553. The van der Waals surface area contributed by atoms with Crippen molar-refractivity contribution in [3.05, 3.63) is 94.9 Å². The summed E-state index contributed by atoms with van der Waals surface area (Å²) in [6.45, 7) is 4.48. The van der Waals surface area contributed by atoms with Crippen molar-refractivity contribution in [3.8, 4) is 0 Å². The van der Waals surface area contributed by atoms with Gasteiger partial charge in [0.1, 0.15) is 23.0 Å². The van der Waals surface area contributed by atoms with E-state index in [1.165, 1.54) is 12.2 Å². The molecule has 0 fully saturated rings. The van der Waals surface area contributed by atoms with E-state index in [0.29, 0.717) is 24.6 Å². The first-order valence-electron chi connectivity index (χ1n) is 9.60. The molecule has 0 saturated carbocycles. The minimum atomic E-state index is -0.207. The van der Waals surface area contributed by atoms with Crippen molar-refractivity contribution < 1.29 is 18.4 Å². The molecule has 0 spiro atoms. The zero-order valence-electron chi connectivity index (χ0n) is 17.0. The van der Waals surface area contributed by atoms with Gasteiger partial charge in [-0.1, -0.05) is 24.3 Å². The van der Waals surface area contributed by atoms with Gasteiger partial charge in [0.15, 0.2) is 0 Å². The number of hydrogen-bond acceptors (Lipinski definition) is 4. The van der Waals surface area contributed by atoms with E-state index < -0.39 is 0 Å². The molecular formula is C24H24N2O4. The fourth-order valence-electron chi connectivity index (χ4n) is 2.75. The number of rotatable bonds is 8. The summed E-state index contributed by atoms with van der Waals surface area (Å²) in [6.07, 6.45) is 6.14. The number of hydrogen-bond donors (Lipinski definition) is 2. The van der Waals surface area contributed by atoms with E-state index in [1.54, 1.807) is 12.2 Å². The lowest BCUT2D eigenvalue weighted by atomic mass is 10.1. The Kier molecular flexibility index (Phi) is 7.05. The van der Waals surface area contributed by atoms with Crippen molar-refractivity contribution in [3.63, 3.8) is 0 Å². The van der Waals surface area contributed by atoms with Gasteiger partial charge in [-0.25, -0.2) is 0 Å². The largest absolute Gasteiger partial charge is 0.462 e. The van der Waals surface area contributed by atoms with Crippen LogP contribution in [0.5, 0.6) is 0 Å². The normalized spacial score (nSPS) is 11.3. The highest BCUT2D eigenvalue weighted by Crippen LogP contribution is 2.09. The fourth-order valence-corrected chi connectivity index (χ4v) is 2.75. The molecule has 0 aliphatic carbocycles. The minimum Gasteiger partial charge on any atom is -0.462 e. The molecule has 2 N–H and O–H groups in total. The van der Waals surface area contributed by atoms with Gasteiger partial charge >= 0.3 is 0 Å². The molecule has 0 bridgehead atoms. The van der Waals surface area contributed by atoms with Crippen LogP contribution >= 0.6 is 0 Å². The van der Waals surface area contributed by atoms with Crippen molar-refractivity contribution >= 4 is 24.0 Å². The smallest absolute Gasteiger partial charge is 0.244 e. The minimum absolute atomic E-state index is 0.207. The van der Waals surface area contributed by atoms with Crippen molar-refractivity contribution in [1.82, 2.24) is 10.6 Å². The van der Waals surface area contributed by atoms with E-state index >= 15 is 0 Å². The Balaban J connectivity index is 1.45. The van der Waals surface area contributed by atoms with Gasteiger partial charge in [0, 0.05) is 25.2 Å². The third-order valence-electron chi connectivity index (χ3n) is 4.25. The Morgan fingerprint density at radius 1 is 0.767 bits per heavy atom. The van der Waals surface area contributed by atoms with Gasteiger partial charge in [0.25, 0.3) is 0 Å². The van der Waals surface area contributed by atoms with Gasteiger partial charge in [0.2, 0.25) is 11.8 Å². The molecule has 0 aliphatic rings. The van der Waals surface area contributed by atoms with Crippen LogP contribution < -0.4 is 10.6 Å². The highest BCUT2D eigenvalue weighted by molar-refractivity contribution is 5.91. The molecule has 6 heteroatoms. The molecule has 154 valence electrons. The molecule has 1 aromatic carbocycles. The summed E-state index contributed by atoms with van der Waals surface area (Å²) in [4.78, 5) is 23.9. The molecule has 2 aromatic heterocycles. The molecule has 0 unspecified atom stereocenters. The molecule has 3 aromatic rings. The number of carbonyl (C=O) groups is 2. The molecule has 2 amide bonds. The van der Waals surface area contributed by atoms with Gasteiger partial charge in [-0.15, -0.1) is 0 Å². The predicted molar refractivity (Wildman–Crippen MR) is 115 cm³/mol. The summed E-state index contributed by atoms with van der Waals surface area (Å²) >= 11 is 0. The molecule has 0 saturated heterocycles. The summed E-state index contributed by atoms with van der Waals surface area (Å²) in [7, 11) is 0. The van der Waals surface area contributed by atoms with Crippen LogP contribution in [0.25, 0.3) is 12.2 Å². The Morgan fingerprint density at radius 2 is 1.23 bits per heavy atom. The number of nitrogens with one attached hydrogen (secondary N) is 2. The average molecular weight is 404 g/mol. The molecular weight excluding hydrogens is 380 g/mol. The molecule has 3 rings (SSSR count). The number of benzene rings is 1. The van der Waals surface area contributed by atoms with Gasteiger partial charge in [0.05, 0.1) is 0 Å². The summed E-state index contributed by atoms with van der Waals surface area (Å²) in [5, 5.41) is 5.66. The lowest BCUT2D eigenvalue weighted by Crippen LogP contribution is -2.21. The summed E-state index contributed by atoms with van der Waals surface area (Å²) in [6, 6.07) is 15.0. The van der Waals surface area contributed by atoms with Crippen LogP contribution in [0.4, 0.5) is 0 Å². The van der Waals surface area contributed by atoms with Gasteiger partial charge in [-0.3, -0.25) is 9.59 Å². The Hall–Kier alpha value is -3.80. The van der Waals surface area contributed by atoms with Gasteiger partial charge < -0.3 is 19.5 Å². The Morgan fingerprint density at radius 3 is 1.63 bits per heavy atom. The molecule has 6 nitrogen and oxygen atoms in total. The summed E-state index contributed by atoms with van der Waals surface area (Å²) in [5.41, 5.74) is 1.89. The molecule has 0 radical (unpaired) electrons. The number of furan rings is 2. The highest BCUT2D eigenvalue weighted by Gasteiger charge is 2.02. The van der Waals surface area contributed by atoms with Crippen LogP contribution in [-0.2, 0) is 22.7 Å². The first-order valence-corrected chi connectivity index (χ1v) is 9.60. The summed E-state index contributed by atoms with van der Waals surface area (Å²) in [5.74, 6) is 2.45. The second-order valence-corrected chi connectivity index (χ2v) is 6.82. The van der Waals surface area contributed by atoms with Crippen molar-refractivity contribution in [1.29, 1.82) is 0 Å². The van der Waals surface area contributed by atoms with E-state index in [-0.39, 0.29) is 11.8 Å². The second-order valence-electron chi connectivity index (χ2n) is 6.82. The SMILES string of the molecule is Cc1ccc(C=CC(=O)NCc2cccc(CNC(=O)C=Cc3ccc(C)o3)c2)o1. The van der Waals surface area contributed by atoms with Crippen LogP contribution in [-0.4, -0.2) is 11.8 Å². The lowest BCUT2D eigenvalue weighted by Gasteiger charge is -2.07. The maximum atomic E-state index is 12.0. The Bertz CT molecular complexity index is 991. The molecule has 0 atom stereocenters. The average Bonchev–Trinajstić information content (AvgIpc) is 3.35. The monoisotopic (exact) mass is 404 g/mol. The lowest BCUT2D eigenvalue weighted by molar-refractivity contribution is -0.117. The van der Waals surface area contributed by atoms with Crippen LogP contribution in [0.2, 0.25) is 0 Å². The van der Waals surface area contributed by atoms with Crippen LogP contribution in [0.15, 0.2) is 69.5 Å². The second kappa shape index (κ2) is 10.1. The van der Waals surface area contributed by atoms with Crippen molar-refractivity contribution in [2.75, 3.05) is 0 Å². The maximum absolute atomic E-state index is 12.0. The van der Waals surface area contributed by atoms with Gasteiger partial charge in [-0.05, 0) is 61.4 Å². The third kappa shape index (κ3) is 6.67. The molecule has 0 aliphatic heterocycles. The standard InChI is InChI=1S/C24H24N2O4/c1-17-6-8-21(29-17)10-12-23(27)25-15-19-4-3-5-20(14-19)16-26-24(28)13-11-22-9-7-18(2)30-22/h3-14H,15-16H2,1-2H3,(H,25,27)(H,26,28). The van der Waals surface area contributed by atoms with Crippen LogP contribution in [0, 0.1) is 13.8 Å². The van der Waals surface area contributed by atoms with E-state index in [9.17, 15) is 9.59 Å². The van der Waals surface area contributed by atoms with E-state index in [2.05, 4.69) is 10.6 Å². The van der Waals surface area contributed by atoms with E-state index in [4.69, 9.17) is 8.83 Å². The summed E-state index contributed by atoms with van der Waals surface area (Å²) < 4.78 is 10.8. The molecule has 30 heavy (non-hydrogen) atoms. The fraction of sp³-hybridized carbons (Fsp3) is 0.167.